The van der Waals surface area contributed by atoms with Crippen LogP contribution in [0, 0.1) is 30.6 Å². The van der Waals surface area contributed by atoms with E-state index in [1.807, 2.05) is 29.2 Å². The summed E-state index contributed by atoms with van der Waals surface area (Å²) in [5.41, 5.74) is 4.75. The lowest BCUT2D eigenvalue weighted by molar-refractivity contribution is 0.0422. The number of carbonyl (C=O) groups is 1. The maximum absolute atomic E-state index is 14.4. The van der Waals surface area contributed by atoms with E-state index >= 15 is 0 Å². The van der Waals surface area contributed by atoms with Gasteiger partial charge in [-0.2, -0.15) is 4.98 Å². The third-order valence-corrected chi connectivity index (χ3v) is 10.6. The number of hydrogen-bond acceptors (Lipinski definition) is 5. The molecule has 0 radical (unpaired) electrons. The molecule has 1 fully saturated rings. The van der Waals surface area contributed by atoms with Crippen LogP contribution < -0.4 is 9.46 Å². The Morgan fingerprint density at radius 3 is 2.25 bits per heavy atom. The number of aromatic nitrogens is 2. The van der Waals surface area contributed by atoms with E-state index in [-0.39, 0.29) is 30.2 Å². The van der Waals surface area contributed by atoms with Gasteiger partial charge in [0.15, 0.2) is 11.0 Å². The molecule has 1 unspecified atom stereocenters. The Bertz CT molecular complexity index is 1530. The van der Waals surface area contributed by atoms with E-state index in [0.717, 1.165) is 36.0 Å². The summed E-state index contributed by atoms with van der Waals surface area (Å²) in [5.74, 6) is 1.00. The van der Waals surface area contributed by atoms with Crippen LogP contribution in [-0.2, 0) is 11.0 Å². The number of fused-ring (bicyclic) bond motifs is 4. The summed E-state index contributed by atoms with van der Waals surface area (Å²) in [6.45, 7) is 20.6. The molecule has 4 bridgehead atoms. The Morgan fingerprint density at radius 2 is 1.65 bits per heavy atom. The highest BCUT2D eigenvalue weighted by Crippen LogP contribution is 2.42. The molecular formula is C39H60N4O4S. The van der Waals surface area contributed by atoms with Gasteiger partial charge < -0.3 is 15.1 Å². The molecule has 2 aromatic carbocycles. The van der Waals surface area contributed by atoms with Crippen molar-refractivity contribution < 1.29 is 20.6 Å². The summed E-state index contributed by atoms with van der Waals surface area (Å²) < 4.78 is 23.0. The van der Waals surface area contributed by atoms with E-state index in [0.29, 0.717) is 46.5 Å². The molecule has 1 aromatic heterocycles. The van der Waals surface area contributed by atoms with E-state index in [1.54, 1.807) is 12.1 Å². The van der Waals surface area contributed by atoms with Crippen molar-refractivity contribution in [1.29, 1.82) is 0 Å². The average Bonchev–Trinajstić information content (AvgIpc) is 3.02. The van der Waals surface area contributed by atoms with Crippen molar-refractivity contribution in [2.45, 2.75) is 118 Å². The molecule has 0 spiro atoms. The SMILES string of the molecule is CCC.CCC1(C)CCC(CN2C(=O)c3cccc(c3)S(=O)Nc3nc(cc(-c4c(C)cccc4C)n3)OC[C@H]2CC(C)(C)C)CC1.O.[HH]. The number of hydrogen-bond donors (Lipinski definition) is 1. The van der Waals surface area contributed by atoms with Gasteiger partial charge in [0.25, 0.3) is 5.91 Å². The highest BCUT2D eigenvalue weighted by molar-refractivity contribution is 7.86. The second-order valence-electron chi connectivity index (χ2n) is 15.1. The molecule has 9 heteroatoms. The molecule has 48 heavy (non-hydrogen) atoms. The number of nitrogens with zero attached hydrogens (tertiary/aromatic N) is 3. The summed E-state index contributed by atoms with van der Waals surface area (Å²) in [6.07, 6.45) is 7.79. The largest absolute Gasteiger partial charge is 0.475 e. The number of ether oxygens (including phenoxy) is 1. The Balaban J connectivity index is 0.00000161. The molecule has 1 aliphatic heterocycles. The van der Waals surface area contributed by atoms with Gasteiger partial charge in [0, 0.05) is 25.2 Å². The maximum atomic E-state index is 14.4. The van der Waals surface area contributed by atoms with Crippen molar-refractivity contribution in [1.82, 2.24) is 14.9 Å². The van der Waals surface area contributed by atoms with Crippen molar-refractivity contribution >= 4 is 22.8 Å². The molecule has 5 rings (SSSR count). The molecule has 2 atom stereocenters. The van der Waals surface area contributed by atoms with Crippen molar-refractivity contribution in [2.75, 3.05) is 17.9 Å². The van der Waals surface area contributed by atoms with Gasteiger partial charge in [-0.15, -0.1) is 0 Å². The van der Waals surface area contributed by atoms with Crippen LogP contribution in [0.25, 0.3) is 11.3 Å². The van der Waals surface area contributed by atoms with Crippen molar-refractivity contribution in [2.24, 2.45) is 16.7 Å². The highest BCUT2D eigenvalue weighted by Gasteiger charge is 2.35. The van der Waals surface area contributed by atoms with E-state index < -0.39 is 11.0 Å². The first kappa shape index (κ1) is 39.1. The first-order chi connectivity index (χ1) is 22.3. The molecule has 8 nitrogen and oxygen atoms in total. The topological polar surface area (TPSA) is 116 Å². The first-order valence-corrected chi connectivity index (χ1v) is 18.6. The Morgan fingerprint density at radius 1 is 1.02 bits per heavy atom. The minimum absolute atomic E-state index is 0. The lowest BCUT2D eigenvalue weighted by Crippen LogP contribution is -2.48. The number of aryl methyl sites for hydroxylation is 2. The van der Waals surface area contributed by atoms with Gasteiger partial charge in [0.2, 0.25) is 11.8 Å². The molecule has 1 saturated carbocycles. The van der Waals surface area contributed by atoms with E-state index in [1.165, 1.54) is 25.7 Å². The fourth-order valence-corrected chi connectivity index (χ4v) is 7.49. The van der Waals surface area contributed by atoms with Gasteiger partial charge >= 0.3 is 0 Å². The van der Waals surface area contributed by atoms with E-state index in [2.05, 4.69) is 84.2 Å². The van der Waals surface area contributed by atoms with Crippen molar-refractivity contribution in [3.05, 3.63) is 65.2 Å². The molecule has 2 aliphatic rings. The molecule has 2 heterocycles. The highest BCUT2D eigenvalue weighted by atomic mass is 32.2. The van der Waals surface area contributed by atoms with Crippen LogP contribution in [0.4, 0.5) is 5.95 Å². The first-order valence-electron chi connectivity index (χ1n) is 17.4. The number of carbonyl (C=O) groups excluding carboxylic acids is 1. The number of rotatable bonds is 5. The number of anilines is 1. The molecule has 0 saturated heterocycles. The standard InChI is InChI=1S/C36H48N4O3S.C3H8.H2O.H2/c1-8-36(7)17-15-26(16-18-36)22-40-28(21-35(4,5)6)23-43-31-20-30(32-24(2)11-9-12-25(32)3)37-34(38-31)39-44(42)29-14-10-13-27(19-29)33(40)41;1-3-2;;/h9-14,19-20,26,28H,8,15-18,21-23H2,1-7H3,(H,37,38,39);3H2,1-2H3;1H2;1H/t26?,28-,36?,44?;;;/m1.../s1. The summed E-state index contributed by atoms with van der Waals surface area (Å²) in [4.78, 5) is 26.4. The molecule has 266 valence electrons. The Kier molecular flexibility index (Phi) is 13.8. The fraction of sp³-hybridized carbons (Fsp3) is 0.564. The van der Waals surface area contributed by atoms with Crippen LogP contribution in [0.5, 0.6) is 5.88 Å². The zero-order chi connectivity index (χ0) is 34.4. The third-order valence-electron chi connectivity index (χ3n) is 9.51. The number of nitrogens with one attached hydrogen (secondary N) is 1. The lowest BCUT2D eigenvalue weighted by Gasteiger charge is -2.41. The smallest absolute Gasteiger partial charge is 0.254 e. The summed E-state index contributed by atoms with van der Waals surface area (Å²) >= 11 is 0. The summed E-state index contributed by atoms with van der Waals surface area (Å²) in [5, 5.41) is 0. The number of benzene rings is 2. The summed E-state index contributed by atoms with van der Waals surface area (Å²) in [6, 6.07) is 15.0. The zero-order valence-corrected chi connectivity index (χ0v) is 31.4. The van der Waals surface area contributed by atoms with Gasteiger partial charge in [-0.05, 0) is 92.0 Å². The Hall–Kier alpha value is -3.30. The lowest BCUT2D eigenvalue weighted by atomic mass is 9.70. The van der Waals surface area contributed by atoms with Crippen LogP contribution >= 0.6 is 0 Å². The van der Waals surface area contributed by atoms with Crippen molar-refractivity contribution in [3.63, 3.8) is 0 Å². The monoisotopic (exact) mass is 680 g/mol. The van der Waals surface area contributed by atoms with Crippen LogP contribution in [0.1, 0.15) is 116 Å². The van der Waals surface area contributed by atoms with Gasteiger partial charge in [-0.25, -0.2) is 9.19 Å². The third kappa shape index (κ3) is 10.1. The molecule has 3 aromatic rings. The van der Waals surface area contributed by atoms with Crippen LogP contribution in [0.3, 0.4) is 0 Å². The average molecular weight is 681 g/mol. The van der Waals surface area contributed by atoms with Gasteiger partial charge in [0.05, 0.1) is 16.6 Å². The predicted octanol–water partition coefficient (Wildman–Crippen LogP) is 8.98. The van der Waals surface area contributed by atoms with Crippen LogP contribution in [0.2, 0.25) is 0 Å². The minimum Gasteiger partial charge on any atom is -0.475 e. The quantitative estimate of drug-likeness (QED) is 0.289. The van der Waals surface area contributed by atoms with Gasteiger partial charge in [0.1, 0.15) is 6.61 Å². The van der Waals surface area contributed by atoms with Crippen molar-refractivity contribution in [3.8, 4) is 17.1 Å². The maximum Gasteiger partial charge on any atom is 0.254 e. The van der Waals surface area contributed by atoms with Gasteiger partial charge in [-0.3, -0.25) is 9.52 Å². The van der Waals surface area contributed by atoms with Gasteiger partial charge in [-0.1, -0.05) is 85.6 Å². The minimum atomic E-state index is -1.68. The van der Waals surface area contributed by atoms with Crippen LogP contribution in [0.15, 0.2) is 53.4 Å². The molecule has 3 N–H and O–H groups in total. The fourth-order valence-electron chi connectivity index (χ4n) is 6.68. The van der Waals surface area contributed by atoms with Crippen LogP contribution in [-0.4, -0.2) is 49.7 Å². The second kappa shape index (κ2) is 16.9. The molecule has 1 amide bonds. The zero-order valence-electron chi connectivity index (χ0n) is 30.6. The van der Waals surface area contributed by atoms with E-state index in [9.17, 15) is 9.00 Å². The van der Waals surface area contributed by atoms with E-state index in [4.69, 9.17) is 9.72 Å². The molecule has 1 aliphatic carbocycles. The summed E-state index contributed by atoms with van der Waals surface area (Å²) in [7, 11) is -1.68. The molecular weight excluding hydrogens is 621 g/mol. The Labute approximate surface area is 292 Å². The second-order valence-corrected chi connectivity index (χ2v) is 16.3. The predicted molar refractivity (Wildman–Crippen MR) is 200 cm³/mol. The normalized spacial score (nSPS) is 22.7. The number of amides is 1.